The summed E-state index contributed by atoms with van der Waals surface area (Å²) in [5.41, 5.74) is 1.42. The summed E-state index contributed by atoms with van der Waals surface area (Å²) >= 11 is 0. The summed E-state index contributed by atoms with van der Waals surface area (Å²) in [5.74, 6) is -0.852. The van der Waals surface area contributed by atoms with E-state index in [1.54, 1.807) is 54.6 Å². The van der Waals surface area contributed by atoms with Gasteiger partial charge in [-0.2, -0.15) is 4.31 Å². The molecule has 1 saturated heterocycles. The maximum absolute atomic E-state index is 13.3. The van der Waals surface area contributed by atoms with Crippen LogP contribution in [0.3, 0.4) is 0 Å². The summed E-state index contributed by atoms with van der Waals surface area (Å²) in [7, 11) is -3.87. The minimum absolute atomic E-state index is 0.130. The van der Waals surface area contributed by atoms with Crippen molar-refractivity contribution in [1.29, 1.82) is 0 Å². The number of rotatable bonds is 5. The molecular weight excluding hydrogens is 364 g/mol. The molecule has 0 spiro atoms. The maximum Gasteiger partial charge on any atom is 0.252 e. The van der Waals surface area contributed by atoms with E-state index in [4.69, 9.17) is 0 Å². The Kier molecular flexibility index (Phi) is 4.36. The van der Waals surface area contributed by atoms with Crippen molar-refractivity contribution in [3.05, 3.63) is 60.2 Å². The molecule has 27 heavy (non-hydrogen) atoms. The normalized spacial score (nSPS) is 20.5. The Bertz CT molecular complexity index is 982. The molecule has 0 radical (unpaired) electrons. The van der Waals surface area contributed by atoms with Crippen LogP contribution in [-0.2, 0) is 19.6 Å². The van der Waals surface area contributed by atoms with Crippen LogP contribution in [0.15, 0.2) is 59.5 Å². The molecule has 2 aromatic rings. The Hall–Kier alpha value is -2.51. The van der Waals surface area contributed by atoms with Crippen LogP contribution >= 0.6 is 0 Å². The molecule has 1 aliphatic carbocycles. The number of carbonyl (C=O) groups excluding carboxylic acids is 2. The van der Waals surface area contributed by atoms with Crippen molar-refractivity contribution in [3.63, 3.8) is 0 Å². The lowest BCUT2D eigenvalue weighted by Crippen LogP contribution is -2.46. The zero-order chi connectivity index (χ0) is 19.2. The van der Waals surface area contributed by atoms with Crippen molar-refractivity contribution in [2.75, 3.05) is 4.90 Å². The standard InChI is InChI=1S/C20H20N2O4S/c1-14-7-11-17(12-8-14)27(25,26)22(16-9-10-16)18-13-19(23)21(20(18)24)15-5-3-2-4-6-15/h2-8,11-12,16,18H,9-10,13H2,1H3. The van der Waals surface area contributed by atoms with E-state index in [0.29, 0.717) is 18.5 Å². The number of sulfonamides is 1. The summed E-state index contributed by atoms with van der Waals surface area (Å²) in [4.78, 5) is 26.8. The molecule has 7 heteroatoms. The molecule has 0 N–H and O–H groups in total. The highest BCUT2D eigenvalue weighted by molar-refractivity contribution is 7.89. The zero-order valence-corrected chi connectivity index (χ0v) is 15.7. The molecule has 6 nitrogen and oxygen atoms in total. The van der Waals surface area contributed by atoms with Crippen LogP contribution < -0.4 is 4.90 Å². The highest BCUT2D eigenvalue weighted by Crippen LogP contribution is 2.38. The SMILES string of the molecule is Cc1ccc(S(=O)(=O)N(C2CC2)C2CC(=O)N(c3ccccc3)C2=O)cc1. The van der Waals surface area contributed by atoms with Crippen molar-refractivity contribution >= 4 is 27.5 Å². The van der Waals surface area contributed by atoms with Gasteiger partial charge in [0.1, 0.15) is 6.04 Å². The van der Waals surface area contributed by atoms with E-state index < -0.39 is 22.0 Å². The third kappa shape index (κ3) is 3.17. The first-order valence-corrected chi connectivity index (χ1v) is 10.4. The van der Waals surface area contributed by atoms with Crippen molar-refractivity contribution in [1.82, 2.24) is 4.31 Å². The second kappa shape index (κ2) is 6.58. The Labute approximate surface area is 158 Å². The van der Waals surface area contributed by atoms with Crippen LogP contribution in [0.2, 0.25) is 0 Å². The lowest BCUT2D eigenvalue weighted by atomic mass is 10.2. The molecule has 2 aromatic carbocycles. The predicted octanol–water partition coefficient (Wildman–Crippen LogP) is 2.48. The maximum atomic E-state index is 13.3. The van der Waals surface area contributed by atoms with Crippen molar-refractivity contribution < 1.29 is 18.0 Å². The molecule has 2 aliphatic rings. The Balaban J connectivity index is 1.70. The van der Waals surface area contributed by atoms with E-state index in [1.807, 2.05) is 6.92 Å². The minimum atomic E-state index is -3.87. The number of para-hydroxylation sites is 1. The van der Waals surface area contributed by atoms with Gasteiger partial charge in [-0.15, -0.1) is 0 Å². The van der Waals surface area contributed by atoms with E-state index in [9.17, 15) is 18.0 Å². The summed E-state index contributed by atoms with van der Waals surface area (Å²) < 4.78 is 27.8. The van der Waals surface area contributed by atoms with Crippen molar-refractivity contribution in [2.45, 2.75) is 43.2 Å². The topological polar surface area (TPSA) is 74.8 Å². The average Bonchev–Trinajstić information content (AvgIpc) is 3.42. The van der Waals surface area contributed by atoms with Gasteiger partial charge in [0.2, 0.25) is 15.9 Å². The first-order valence-electron chi connectivity index (χ1n) is 8.91. The van der Waals surface area contributed by atoms with Crippen LogP contribution in [0.25, 0.3) is 0 Å². The Morgan fingerprint density at radius 1 is 0.963 bits per heavy atom. The number of benzene rings is 2. The van der Waals surface area contributed by atoms with Gasteiger partial charge in [0.05, 0.1) is 17.0 Å². The molecule has 1 heterocycles. The Morgan fingerprint density at radius 2 is 1.59 bits per heavy atom. The van der Waals surface area contributed by atoms with E-state index in [-0.39, 0.29) is 23.3 Å². The molecule has 1 saturated carbocycles. The minimum Gasteiger partial charge on any atom is -0.274 e. The molecule has 0 bridgehead atoms. The lowest BCUT2D eigenvalue weighted by molar-refractivity contribution is -0.122. The first-order chi connectivity index (χ1) is 12.9. The van der Waals surface area contributed by atoms with Gasteiger partial charge >= 0.3 is 0 Å². The van der Waals surface area contributed by atoms with Gasteiger partial charge in [-0.25, -0.2) is 13.3 Å². The number of hydrogen-bond acceptors (Lipinski definition) is 4. The quantitative estimate of drug-likeness (QED) is 0.743. The number of carbonyl (C=O) groups is 2. The zero-order valence-electron chi connectivity index (χ0n) is 14.9. The molecule has 1 unspecified atom stereocenters. The first kappa shape index (κ1) is 17.9. The molecule has 140 valence electrons. The fourth-order valence-electron chi connectivity index (χ4n) is 3.44. The van der Waals surface area contributed by atoms with Gasteiger partial charge in [-0.3, -0.25) is 9.59 Å². The molecule has 2 fully saturated rings. The van der Waals surface area contributed by atoms with Gasteiger partial charge in [-0.05, 0) is 44.0 Å². The molecule has 2 amide bonds. The highest BCUT2D eigenvalue weighted by atomic mass is 32.2. The second-order valence-corrected chi connectivity index (χ2v) is 8.85. The van der Waals surface area contributed by atoms with Crippen LogP contribution in [0.4, 0.5) is 5.69 Å². The molecule has 1 aliphatic heterocycles. The highest BCUT2D eigenvalue weighted by Gasteiger charge is 2.51. The van der Waals surface area contributed by atoms with Crippen LogP contribution in [0.1, 0.15) is 24.8 Å². The number of hydrogen-bond donors (Lipinski definition) is 0. The number of aryl methyl sites for hydroxylation is 1. The second-order valence-electron chi connectivity index (χ2n) is 7.00. The number of imide groups is 1. The molecule has 0 aromatic heterocycles. The summed E-state index contributed by atoms with van der Waals surface area (Å²) in [6.45, 7) is 1.88. The van der Waals surface area contributed by atoms with Crippen LogP contribution in [0, 0.1) is 6.92 Å². The summed E-state index contributed by atoms with van der Waals surface area (Å²) in [6, 6.07) is 14.0. The van der Waals surface area contributed by atoms with Crippen LogP contribution in [0.5, 0.6) is 0 Å². The van der Waals surface area contributed by atoms with Crippen LogP contribution in [-0.4, -0.2) is 36.6 Å². The monoisotopic (exact) mass is 384 g/mol. The smallest absolute Gasteiger partial charge is 0.252 e. The fourth-order valence-corrected chi connectivity index (χ4v) is 5.27. The van der Waals surface area contributed by atoms with E-state index in [2.05, 4.69) is 0 Å². The fraction of sp³-hybridized carbons (Fsp3) is 0.300. The van der Waals surface area contributed by atoms with Gasteiger partial charge in [-0.1, -0.05) is 35.9 Å². The van der Waals surface area contributed by atoms with Gasteiger partial charge in [0, 0.05) is 6.04 Å². The number of amides is 2. The van der Waals surface area contributed by atoms with Gasteiger partial charge < -0.3 is 0 Å². The Morgan fingerprint density at radius 3 is 2.19 bits per heavy atom. The van der Waals surface area contributed by atoms with Gasteiger partial charge in [0.15, 0.2) is 0 Å². The average molecular weight is 384 g/mol. The summed E-state index contributed by atoms with van der Waals surface area (Å²) in [5, 5.41) is 0. The van der Waals surface area contributed by atoms with Crippen molar-refractivity contribution in [3.8, 4) is 0 Å². The van der Waals surface area contributed by atoms with Gasteiger partial charge in [0.25, 0.3) is 5.91 Å². The third-order valence-corrected chi connectivity index (χ3v) is 6.92. The lowest BCUT2D eigenvalue weighted by Gasteiger charge is -2.26. The number of anilines is 1. The molecule has 4 rings (SSSR count). The predicted molar refractivity (Wildman–Crippen MR) is 101 cm³/mol. The molecule has 1 atom stereocenters. The molecular formula is C20H20N2O4S. The largest absolute Gasteiger partial charge is 0.274 e. The van der Waals surface area contributed by atoms with Crippen molar-refractivity contribution in [2.24, 2.45) is 0 Å². The number of nitrogens with zero attached hydrogens (tertiary/aromatic N) is 2. The van der Waals surface area contributed by atoms with E-state index >= 15 is 0 Å². The van der Waals surface area contributed by atoms with E-state index in [1.165, 1.54) is 4.31 Å². The van der Waals surface area contributed by atoms with E-state index in [0.717, 1.165) is 10.5 Å². The summed E-state index contributed by atoms with van der Waals surface area (Å²) in [6.07, 6.45) is 1.28. The third-order valence-electron chi connectivity index (χ3n) is 4.95.